The Morgan fingerprint density at radius 1 is 1.17 bits per heavy atom. The standard InChI is InChI=1S/C18H21N3O2S/c22-17(14-24-18-9-2-5-12-21(18)23)19-15-7-6-8-16(13-15)20-10-3-1-4-11-20/h2,5-9,12-13H,1,3-4,10-11,14H2,(H,19,22). The summed E-state index contributed by atoms with van der Waals surface area (Å²) in [6.45, 7) is 2.15. The van der Waals surface area contributed by atoms with E-state index in [1.165, 1.54) is 37.2 Å². The largest absolute Gasteiger partial charge is 0.618 e. The Kier molecular flexibility index (Phi) is 5.59. The molecule has 1 aromatic carbocycles. The Balaban J connectivity index is 1.57. The van der Waals surface area contributed by atoms with Gasteiger partial charge in [0.15, 0.2) is 6.20 Å². The number of thioether (sulfide) groups is 1. The van der Waals surface area contributed by atoms with Crippen LogP contribution in [0.5, 0.6) is 0 Å². The number of carbonyl (C=O) groups is 1. The molecule has 0 atom stereocenters. The number of rotatable bonds is 5. The number of carbonyl (C=O) groups excluding carboxylic acids is 1. The fourth-order valence-corrected chi connectivity index (χ4v) is 3.51. The zero-order valence-corrected chi connectivity index (χ0v) is 14.3. The second kappa shape index (κ2) is 8.06. The van der Waals surface area contributed by atoms with E-state index in [2.05, 4.69) is 16.3 Å². The van der Waals surface area contributed by atoms with E-state index >= 15 is 0 Å². The van der Waals surface area contributed by atoms with Crippen LogP contribution in [0.15, 0.2) is 53.7 Å². The molecule has 2 aromatic rings. The lowest BCUT2D eigenvalue weighted by molar-refractivity contribution is -0.645. The van der Waals surface area contributed by atoms with Gasteiger partial charge in [0.05, 0.1) is 5.75 Å². The van der Waals surface area contributed by atoms with Crippen molar-refractivity contribution in [2.45, 2.75) is 24.3 Å². The second-order valence-electron chi connectivity index (χ2n) is 5.80. The minimum atomic E-state index is -0.111. The van der Waals surface area contributed by atoms with Gasteiger partial charge in [-0.15, -0.1) is 0 Å². The third kappa shape index (κ3) is 4.41. The van der Waals surface area contributed by atoms with E-state index in [0.29, 0.717) is 5.03 Å². The summed E-state index contributed by atoms with van der Waals surface area (Å²) in [5.41, 5.74) is 1.95. The fraction of sp³-hybridized carbons (Fsp3) is 0.333. The van der Waals surface area contributed by atoms with Crippen LogP contribution in [-0.4, -0.2) is 24.7 Å². The molecule has 1 aromatic heterocycles. The van der Waals surface area contributed by atoms with E-state index in [-0.39, 0.29) is 11.7 Å². The summed E-state index contributed by atoms with van der Waals surface area (Å²) in [7, 11) is 0. The van der Waals surface area contributed by atoms with Gasteiger partial charge in [0, 0.05) is 36.6 Å². The van der Waals surface area contributed by atoms with Crippen molar-refractivity contribution in [2.75, 3.05) is 29.1 Å². The first kappa shape index (κ1) is 16.6. The van der Waals surface area contributed by atoms with Crippen LogP contribution >= 0.6 is 11.8 Å². The summed E-state index contributed by atoms with van der Waals surface area (Å²) in [4.78, 5) is 14.5. The third-order valence-corrected chi connectivity index (χ3v) is 5.01. The summed E-state index contributed by atoms with van der Waals surface area (Å²) in [6, 6.07) is 13.1. The highest BCUT2D eigenvalue weighted by atomic mass is 32.2. The average Bonchev–Trinajstić information content (AvgIpc) is 2.62. The molecule has 24 heavy (non-hydrogen) atoms. The van der Waals surface area contributed by atoms with Crippen molar-refractivity contribution in [2.24, 2.45) is 0 Å². The minimum Gasteiger partial charge on any atom is -0.618 e. The van der Waals surface area contributed by atoms with Gasteiger partial charge in [-0.05, 0) is 55.3 Å². The molecular formula is C18H21N3O2S. The molecule has 0 radical (unpaired) electrons. The first-order valence-corrected chi connectivity index (χ1v) is 9.17. The highest BCUT2D eigenvalue weighted by Gasteiger charge is 2.12. The smallest absolute Gasteiger partial charge is 0.251 e. The van der Waals surface area contributed by atoms with Crippen LogP contribution in [0.4, 0.5) is 11.4 Å². The van der Waals surface area contributed by atoms with Gasteiger partial charge in [-0.3, -0.25) is 4.79 Å². The van der Waals surface area contributed by atoms with Crippen LogP contribution in [0, 0.1) is 5.21 Å². The molecule has 2 heterocycles. The molecule has 5 nitrogen and oxygen atoms in total. The number of aromatic nitrogens is 1. The summed E-state index contributed by atoms with van der Waals surface area (Å²) in [5.74, 6) is 0.0971. The highest BCUT2D eigenvalue weighted by molar-refractivity contribution is 7.99. The average molecular weight is 343 g/mol. The molecule has 1 saturated heterocycles. The van der Waals surface area contributed by atoms with E-state index in [1.54, 1.807) is 18.2 Å². The third-order valence-electron chi connectivity index (χ3n) is 3.99. The predicted octanol–water partition coefficient (Wildman–Crippen LogP) is 3.04. The maximum atomic E-state index is 12.1. The molecule has 1 amide bonds. The Bertz CT molecular complexity index is 702. The van der Waals surface area contributed by atoms with Crippen LogP contribution in [0.1, 0.15) is 19.3 Å². The normalized spacial score (nSPS) is 14.4. The molecule has 0 bridgehead atoms. The Morgan fingerprint density at radius 2 is 2.00 bits per heavy atom. The van der Waals surface area contributed by atoms with Gasteiger partial charge in [0.25, 0.3) is 5.03 Å². The zero-order chi connectivity index (χ0) is 16.8. The van der Waals surface area contributed by atoms with Gasteiger partial charge >= 0.3 is 0 Å². The van der Waals surface area contributed by atoms with E-state index < -0.39 is 0 Å². The molecule has 1 N–H and O–H groups in total. The number of anilines is 2. The second-order valence-corrected chi connectivity index (χ2v) is 6.80. The number of hydrogen-bond donors (Lipinski definition) is 1. The monoisotopic (exact) mass is 343 g/mol. The summed E-state index contributed by atoms with van der Waals surface area (Å²) in [6.07, 6.45) is 5.17. The number of nitrogens with zero attached hydrogens (tertiary/aromatic N) is 2. The summed E-state index contributed by atoms with van der Waals surface area (Å²) in [5, 5.41) is 15.0. The predicted molar refractivity (Wildman–Crippen MR) is 97.3 cm³/mol. The van der Waals surface area contributed by atoms with Crippen molar-refractivity contribution in [3.05, 3.63) is 53.9 Å². The molecule has 1 fully saturated rings. The first-order chi connectivity index (χ1) is 11.7. The van der Waals surface area contributed by atoms with Gasteiger partial charge in [0.1, 0.15) is 0 Å². The van der Waals surface area contributed by atoms with E-state index in [9.17, 15) is 10.0 Å². The molecule has 0 unspecified atom stereocenters. The molecule has 6 heteroatoms. The van der Waals surface area contributed by atoms with E-state index in [1.807, 2.05) is 18.2 Å². The van der Waals surface area contributed by atoms with Crippen LogP contribution in [0.3, 0.4) is 0 Å². The van der Waals surface area contributed by atoms with Crippen LogP contribution in [0.25, 0.3) is 0 Å². The maximum absolute atomic E-state index is 12.1. The molecule has 0 spiro atoms. The lowest BCUT2D eigenvalue weighted by atomic mass is 10.1. The minimum absolute atomic E-state index is 0.111. The number of pyridine rings is 1. The van der Waals surface area contributed by atoms with Crippen molar-refractivity contribution in [1.82, 2.24) is 0 Å². The van der Waals surface area contributed by atoms with Crippen LogP contribution < -0.4 is 14.9 Å². The number of hydrogen-bond acceptors (Lipinski definition) is 4. The van der Waals surface area contributed by atoms with Crippen molar-refractivity contribution < 1.29 is 9.52 Å². The maximum Gasteiger partial charge on any atom is 0.251 e. The Morgan fingerprint density at radius 3 is 2.79 bits per heavy atom. The number of amides is 1. The molecule has 1 aliphatic rings. The molecule has 0 aliphatic carbocycles. The van der Waals surface area contributed by atoms with Crippen LogP contribution in [-0.2, 0) is 4.79 Å². The first-order valence-electron chi connectivity index (χ1n) is 8.18. The summed E-state index contributed by atoms with van der Waals surface area (Å²) >= 11 is 1.23. The van der Waals surface area contributed by atoms with Gasteiger partial charge in [-0.2, -0.15) is 4.73 Å². The van der Waals surface area contributed by atoms with Crippen molar-refractivity contribution >= 4 is 29.0 Å². The SMILES string of the molecule is O=C(CSc1cccc[n+]1[O-])Nc1cccc(N2CCCCC2)c1. The lowest BCUT2D eigenvalue weighted by Crippen LogP contribution is -2.29. The van der Waals surface area contributed by atoms with Crippen molar-refractivity contribution in [3.63, 3.8) is 0 Å². The molecule has 3 rings (SSSR count). The van der Waals surface area contributed by atoms with Gasteiger partial charge in [-0.25, -0.2) is 0 Å². The number of nitrogens with one attached hydrogen (secondary N) is 1. The van der Waals surface area contributed by atoms with Gasteiger partial charge in [0.2, 0.25) is 5.91 Å². The molecular weight excluding hydrogens is 322 g/mol. The van der Waals surface area contributed by atoms with Crippen LogP contribution in [0.2, 0.25) is 0 Å². The molecule has 1 aliphatic heterocycles. The van der Waals surface area contributed by atoms with Crippen molar-refractivity contribution in [1.29, 1.82) is 0 Å². The quantitative estimate of drug-likeness (QED) is 0.515. The van der Waals surface area contributed by atoms with E-state index in [0.717, 1.165) is 29.2 Å². The fourth-order valence-electron chi connectivity index (χ4n) is 2.79. The van der Waals surface area contributed by atoms with E-state index in [4.69, 9.17) is 0 Å². The van der Waals surface area contributed by atoms with Gasteiger partial charge in [-0.1, -0.05) is 6.07 Å². The number of piperidine rings is 1. The Hall–Kier alpha value is -2.21. The summed E-state index contributed by atoms with van der Waals surface area (Å²) < 4.78 is 0.773. The molecule has 126 valence electrons. The highest BCUT2D eigenvalue weighted by Crippen LogP contribution is 2.23. The van der Waals surface area contributed by atoms with Gasteiger partial charge < -0.3 is 15.4 Å². The lowest BCUT2D eigenvalue weighted by Gasteiger charge is -2.29. The zero-order valence-electron chi connectivity index (χ0n) is 13.5. The topological polar surface area (TPSA) is 59.3 Å². The van der Waals surface area contributed by atoms with Crippen molar-refractivity contribution in [3.8, 4) is 0 Å². The molecule has 0 saturated carbocycles. The number of benzene rings is 1. The Labute approximate surface area is 146 Å².